The van der Waals surface area contributed by atoms with E-state index in [0.717, 1.165) is 30.6 Å². The number of hydrogen-bond donors (Lipinski definition) is 1. The maximum atomic E-state index is 5.68. The Morgan fingerprint density at radius 2 is 2.29 bits per heavy atom. The lowest BCUT2D eigenvalue weighted by Gasteiger charge is -2.17. The smallest absolute Gasteiger partial charge is 0.134 e. The summed E-state index contributed by atoms with van der Waals surface area (Å²) in [5.74, 6) is 3.04. The number of aromatic nitrogens is 2. The van der Waals surface area contributed by atoms with Crippen LogP contribution in [0.4, 0.5) is 11.6 Å². The first-order valence-electron chi connectivity index (χ1n) is 5.01. The largest absolute Gasteiger partial charge is 0.384 e. The van der Waals surface area contributed by atoms with Crippen LogP contribution in [-0.4, -0.2) is 23.1 Å². The lowest BCUT2D eigenvalue weighted by Crippen LogP contribution is -2.21. The molecule has 2 rings (SSSR count). The second-order valence-electron chi connectivity index (χ2n) is 4.04. The van der Waals surface area contributed by atoms with E-state index in [1.54, 1.807) is 0 Å². The van der Waals surface area contributed by atoms with E-state index in [-0.39, 0.29) is 0 Å². The van der Waals surface area contributed by atoms with Crippen LogP contribution in [0.25, 0.3) is 0 Å². The molecular weight excluding hydrogens is 176 g/mol. The SMILES string of the molecule is Cc1nc(N)cc(N2CCC(C)C2)n1. The fourth-order valence-electron chi connectivity index (χ4n) is 1.88. The minimum Gasteiger partial charge on any atom is -0.384 e. The lowest BCUT2D eigenvalue weighted by molar-refractivity contribution is 0.658. The van der Waals surface area contributed by atoms with Crippen molar-refractivity contribution in [3.63, 3.8) is 0 Å². The average molecular weight is 192 g/mol. The number of nitrogens with two attached hydrogens (primary N) is 1. The molecule has 1 atom stereocenters. The summed E-state index contributed by atoms with van der Waals surface area (Å²) in [4.78, 5) is 10.7. The molecule has 1 unspecified atom stereocenters. The molecule has 0 aliphatic carbocycles. The first-order chi connectivity index (χ1) is 6.65. The molecule has 1 aromatic heterocycles. The molecule has 1 fully saturated rings. The zero-order valence-electron chi connectivity index (χ0n) is 8.70. The molecule has 2 N–H and O–H groups in total. The Bertz CT molecular complexity index is 317. The summed E-state index contributed by atoms with van der Waals surface area (Å²) in [5.41, 5.74) is 5.68. The lowest BCUT2D eigenvalue weighted by atomic mass is 10.2. The van der Waals surface area contributed by atoms with Crippen LogP contribution in [0.5, 0.6) is 0 Å². The van der Waals surface area contributed by atoms with E-state index in [2.05, 4.69) is 21.8 Å². The Balaban J connectivity index is 2.23. The minimum absolute atomic E-state index is 0.562. The van der Waals surface area contributed by atoms with Crippen molar-refractivity contribution >= 4 is 11.6 Å². The van der Waals surface area contributed by atoms with E-state index >= 15 is 0 Å². The van der Waals surface area contributed by atoms with Crippen LogP contribution in [0.1, 0.15) is 19.2 Å². The monoisotopic (exact) mass is 192 g/mol. The second-order valence-corrected chi connectivity index (χ2v) is 4.04. The van der Waals surface area contributed by atoms with E-state index in [4.69, 9.17) is 5.73 Å². The van der Waals surface area contributed by atoms with E-state index in [0.29, 0.717) is 5.82 Å². The number of nitrogen functional groups attached to an aromatic ring is 1. The van der Waals surface area contributed by atoms with E-state index in [1.807, 2.05) is 13.0 Å². The molecule has 1 aliphatic rings. The van der Waals surface area contributed by atoms with Gasteiger partial charge in [0.15, 0.2) is 0 Å². The highest BCUT2D eigenvalue weighted by atomic mass is 15.2. The zero-order valence-corrected chi connectivity index (χ0v) is 8.70. The molecule has 14 heavy (non-hydrogen) atoms. The third kappa shape index (κ3) is 1.78. The Hall–Kier alpha value is -1.32. The van der Waals surface area contributed by atoms with E-state index in [9.17, 15) is 0 Å². The van der Waals surface area contributed by atoms with Gasteiger partial charge in [0.25, 0.3) is 0 Å². The van der Waals surface area contributed by atoms with Crippen molar-refractivity contribution in [3.8, 4) is 0 Å². The summed E-state index contributed by atoms with van der Waals surface area (Å²) in [6, 6.07) is 1.85. The number of nitrogens with zero attached hydrogens (tertiary/aromatic N) is 3. The van der Waals surface area contributed by atoms with Crippen molar-refractivity contribution in [2.24, 2.45) is 5.92 Å². The maximum absolute atomic E-state index is 5.68. The number of rotatable bonds is 1. The summed E-state index contributed by atoms with van der Waals surface area (Å²) in [6.45, 7) is 6.30. The quantitative estimate of drug-likeness (QED) is 0.726. The van der Waals surface area contributed by atoms with Crippen molar-refractivity contribution in [2.75, 3.05) is 23.7 Å². The second kappa shape index (κ2) is 3.44. The molecule has 0 spiro atoms. The van der Waals surface area contributed by atoms with Crippen LogP contribution >= 0.6 is 0 Å². The van der Waals surface area contributed by atoms with Gasteiger partial charge in [0.1, 0.15) is 17.5 Å². The molecule has 0 radical (unpaired) electrons. The van der Waals surface area contributed by atoms with Crippen molar-refractivity contribution < 1.29 is 0 Å². The first-order valence-corrected chi connectivity index (χ1v) is 5.01. The van der Waals surface area contributed by atoms with Crippen molar-refractivity contribution in [1.29, 1.82) is 0 Å². The molecule has 1 aromatic rings. The number of anilines is 2. The Morgan fingerprint density at radius 1 is 1.50 bits per heavy atom. The first kappa shape index (κ1) is 9.24. The normalized spacial score (nSPS) is 21.6. The zero-order chi connectivity index (χ0) is 10.1. The van der Waals surface area contributed by atoms with Gasteiger partial charge in [-0.3, -0.25) is 0 Å². The van der Waals surface area contributed by atoms with Crippen LogP contribution in [0.2, 0.25) is 0 Å². The highest BCUT2D eigenvalue weighted by molar-refractivity contribution is 5.47. The summed E-state index contributed by atoms with van der Waals surface area (Å²) in [7, 11) is 0. The highest BCUT2D eigenvalue weighted by Crippen LogP contribution is 2.22. The molecule has 1 saturated heterocycles. The topological polar surface area (TPSA) is 55.0 Å². The van der Waals surface area contributed by atoms with Gasteiger partial charge in [0.2, 0.25) is 0 Å². The molecule has 0 bridgehead atoms. The maximum Gasteiger partial charge on any atom is 0.134 e. The van der Waals surface area contributed by atoms with E-state index < -0.39 is 0 Å². The van der Waals surface area contributed by atoms with Gasteiger partial charge in [-0.15, -0.1) is 0 Å². The fraction of sp³-hybridized carbons (Fsp3) is 0.600. The Labute approximate surface area is 84.2 Å². The van der Waals surface area contributed by atoms with Gasteiger partial charge in [0.05, 0.1) is 0 Å². The summed E-state index contributed by atoms with van der Waals surface area (Å²) in [6.07, 6.45) is 1.24. The van der Waals surface area contributed by atoms with Gasteiger partial charge in [-0.25, -0.2) is 9.97 Å². The van der Waals surface area contributed by atoms with Crippen molar-refractivity contribution in [2.45, 2.75) is 20.3 Å². The number of aryl methyl sites for hydroxylation is 1. The van der Waals surface area contributed by atoms with Gasteiger partial charge in [-0.2, -0.15) is 0 Å². The van der Waals surface area contributed by atoms with Gasteiger partial charge >= 0.3 is 0 Å². The van der Waals surface area contributed by atoms with Crippen LogP contribution < -0.4 is 10.6 Å². The van der Waals surface area contributed by atoms with Gasteiger partial charge in [0, 0.05) is 19.2 Å². The Morgan fingerprint density at radius 3 is 2.86 bits per heavy atom. The molecule has 1 aliphatic heterocycles. The van der Waals surface area contributed by atoms with Crippen LogP contribution in [0, 0.1) is 12.8 Å². The van der Waals surface area contributed by atoms with Gasteiger partial charge < -0.3 is 10.6 Å². The molecule has 4 nitrogen and oxygen atoms in total. The highest BCUT2D eigenvalue weighted by Gasteiger charge is 2.20. The van der Waals surface area contributed by atoms with Gasteiger partial charge in [-0.05, 0) is 19.3 Å². The summed E-state index contributed by atoms with van der Waals surface area (Å²) >= 11 is 0. The van der Waals surface area contributed by atoms with Gasteiger partial charge in [-0.1, -0.05) is 6.92 Å². The minimum atomic E-state index is 0.562. The van der Waals surface area contributed by atoms with Crippen molar-refractivity contribution in [1.82, 2.24) is 9.97 Å². The molecule has 0 amide bonds. The molecule has 0 aromatic carbocycles. The van der Waals surface area contributed by atoms with Crippen molar-refractivity contribution in [3.05, 3.63) is 11.9 Å². The van der Waals surface area contributed by atoms with Crippen LogP contribution in [0.15, 0.2) is 6.07 Å². The molecule has 0 saturated carbocycles. The average Bonchev–Trinajstić information content (AvgIpc) is 2.50. The summed E-state index contributed by atoms with van der Waals surface area (Å²) < 4.78 is 0. The molecule has 4 heteroatoms. The predicted molar refractivity (Wildman–Crippen MR) is 57.2 cm³/mol. The third-order valence-electron chi connectivity index (χ3n) is 2.59. The molecule has 76 valence electrons. The summed E-state index contributed by atoms with van der Waals surface area (Å²) in [5, 5.41) is 0. The molecule has 2 heterocycles. The van der Waals surface area contributed by atoms with Crippen LogP contribution in [-0.2, 0) is 0 Å². The Kier molecular flexibility index (Phi) is 2.27. The van der Waals surface area contributed by atoms with Crippen LogP contribution in [0.3, 0.4) is 0 Å². The predicted octanol–water partition coefficient (Wildman–Crippen LogP) is 1.21. The third-order valence-corrected chi connectivity index (χ3v) is 2.59. The molecular formula is C10H16N4. The van der Waals surface area contributed by atoms with E-state index in [1.165, 1.54) is 6.42 Å². The standard InChI is InChI=1S/C10H16N4/c1-7-3-4-14(6-7)10-5-9(11)12-8(2)13-10/h5,7H,3-4,6H2,1-2H3,(H2,11,12,13). The fourth-order valence-corrected chi connectivity index (χ4v) is 1.88. The number of hydrogen-bond acceptors (Lipinski definition) is 4.